The second-order valence-electron chi connectivity index (χ2n) is 12.6. The lowest BCUT2D eigenvalue weighted by molar-refractivity contribution is 1.23. The smallest absolute Gasteiger partial charge is 0.160 e. The van der Waals surface area contributed by atoms with Crippen molar-refractivity contribution in [3.05, 3.63) is 170 Å². The minimum atomic E-state index is 0.727. The fourth-order valence-electron chi connectivity index (χ4n) is 7.50. The Hall–Kier alpha value is -6.38. The third-order valence-electron chi connectivity index (χ3n) is 9.81. The van der Waals surface area contributed by atoms with Crippen LogP contribution in [0.5, 0.6) is 0 Å². The van der Waals surface area contributed by atoms with Gasteiger partial charge in [-0.2, -0.15) is 0 Å². The summed E-state index contributed by atoms with van der Waals surface area (Å²) < 4.78 is 0. The van der Waals surface area contributed by atoms with Crippen LogP contribution in [0.25, 0.3) is 98.5 Å². The summed E-state index contributed by atoms with van der Waals surface area (Å²) in [6.45, 7) is 0. The minimum absolute atomic E-state index is 0.727. The van der Waals surface area contributed by atoms with Gasteiger partial charge in [0.05, 0.1) is 11.2 Å². The lowest BCUT2D eigenvalue weighted by atomic mass is 9.88. The fraction of sp³-hybridized carbons (Fsp3) is 0. The molecule has 0 saturated heterocycles. The molecule has 10 rings (SSSR count). The Bertz CT molecular complexity index is 2890. The number of hydrogen-bond acceptors (Lipinski definition) is 2. The SMILES string of the molecule is c1ccc(-c2nc(-c3ccc4ccccc4c3)c3ccc(-c4cc5ccccc5c5c4ccc4c6ccccc6ccc45)cc3n2)cc1. The number of aromatic nitrogens is 2. The molecule has 9 aromatic carbocycles. The van der Waals surface area contributed by atoms with E-state index in [1.54, 1.807) is 0 Å². The van der Waals surface area contributed by atoms with Crippen LogP contribution >= 0.6 is 0 Å². The highest BCUT2D eigenvalue weighted by Gasteiger charge is 2.16. The number of nitrogens with zero attached hydrogens (tertiary/aromatic N) is 2. The van der Waals surface area contributed by atoms with E-state index in [2.05, 4.69) is 152 Å². The predicted octanol–water partition coefficient (Wildman–Crippen LogP) is 12.4. The van der Waals surface area contributed by atoms with Crippen LogP contribution in [-0.4, -0.2) is 9.97 Å². The number of hydrogen-bond donors (Lipinski definition) is 0. The Labute approximate surface area is 277 Å². The first-order chi connectivity index (χ1) is 23.8. The highest BCUT2D eigenvalue weighted by Crippen LogP contribution is 2.42. The molecule has 0 unspecified atom stereocenters. The van der Waals surface area contributed by atoms with Crippen LogP contribution in [0.3, 0.4) is 0 Å². The molecular weight excluding hydrogens is 581 g/mol. The summed E-state index contributed by atoms with van der Waals surface area (Å²) in [5.74, 6) is 0.727. The zero-order chi connectivity index (χ0) is 31.6. The van der Waals surface area contributed by atoms with Gasteiger partial charge < -0.3 is 0 Å². The van der Waals surface area contributed by atoms with Crippen LogP contribution in [0.4, 0.5) is 0 Å². The van der Waals surface area contributed by atoms with Crippen molar-refractivity contribution in [3.63, 3.8) is 0 Å². The van der Waals surface area contributed by atoms with Crippen LogP contribution < -0.4 is 0 Å². The molecule has 1 aromatic heterocycles. The Morgan fingerprint density at radius 3 is 1.83 bits per heavy atom. The topological polar surface area (TPSA) is 25.8 Å². The molecule has 0 bridgehead atoms. The standard InChI is InChI=1S/C46H28N2/c1-2-12-31(13-3-1)46-47-43-28-34(21-23-41(43)45(48-46)35-19-18-29-10-4-5-14-32(29)26-35)42-27-33-15-7-9-17-37(33)44-39-22-20-30-11-6-8-16-36(30)38(39)24-25-40(42)44/h1-28H. The monoisotopic (exact) mass is 608 g/mol. The molecule has 2 heteroatoms. The third-order valence-corrected chi connectivity index (χ3v) is 9.81. The first kappa shape index (κ1) is 26.8. The van der Waals surface area contributed by atoms with E-state index in [4.69, 9.17) is 9.97 Å². The molecule has 0 amide bonds. The van der Waals surface area contributed by atoms with Gasteiger partial charge >= 0.3 is 0 Å². The summed E-state index contributed by atoms with van der Waals surface area (Å²) in [5.41, 5.74) is 6.30. The van der Waals surface area contributed by atoms with Crippen molar-refractivity contribution in [3.8, 4) is 33.8 Å². The molecule has 10 aromatic rings. The van der Waals surface area contributed by atoms with Gasteiger partial charge in [-0.05, 0) is 89.3 Å². The largest absolute Gasteiger partial charge is 0.228 e. The van der Waals surface area contributed by atoms with Gasteiger partial charge in [-0.3, -0.25) is 0 Å². The van der Waals surface area contributed by atoms with E-state index >= 15 is 0 Å². The zero-order valence-electron chi connectivity index (χ0n) is 26.1. The summed E-state index contributed by atoms with van der Waals surface area (Å²) in [5, 5.41) is 13.6. The van der Waals surface area contributed by atoms with E-state index in [0.717, 1.165) is 39.1 Å². The van der Waals surface area contributed by atoms with Crippen LogP contribution in [0.1, 0.15) is 0 Å². The summed E-state index contributed by atoms with van der Waals surface area (Å²) >= 11 is 0. The quantitative estimate of drug-likeness (QED) is 0.187. The molecule has 48 heavy (non-hydrogen) atoms. The highest BCUT2D eigenvalue weighted by atomic mass is 14.9. The molecule has 1 heterocycles. The van der Waals surface area contributed by atoms with Gasteiger partial charge in [0.25, 0.3) is 0 Å². The van der Waals surface area contributed by atoms with E-state index in [-0.39, 0.29) is 0 Å². The maximum atomic E-state index is 5.20. The van der Waals surface area contributed by atoms with Gasteiger partial charge in [0.1, 0.15) is 0 Å². The molecule has 2 nitrogen and oxygen atoms in total. The third kappa shape index (κ3) is 4.20. The van der Waals surface area contributed by atoms with Gasteiger partial charge in [-0.1, -0.05) is 146 Å². The van der Waals surface area contributed by atoms with Gasteiger partial charge in [0.2, 0.25) is 0 Å². The summed E-state index contributed by atoms with van der Waals surface area (Å²) in [7, 11) is 0. The van der Waals surface area contributed by atoms with Crippen molar-refractivity contribution < 1.29 is 0 Å². The molecule has 0 saturated carbocycles. The van der Waals surface area contributed by atoms with E-state index in [1.807, 2.05) is 18.2 Å². The Morgan fingerprint density at radius 1 is 0.312 bits per heavy atom. The summed E-state index contributed by atoms with van der Waals surface area (Å²) in [6.07, 6.45) is 0. The number of benzene rings is 9. The molecular formula is C46H28N2. The highest BCUT2D eigenvalue weighted by molar-refractivity contribution is 6.27. The number of rotatable bonds is 3. The molecule has 0 aliphatic carbocycles. The lowest BCUT2D eigenvalue weighted by Gasteiger charge is -2.16. The van der Waals surface area contributed by atoms with Gasteiger partial charge in [0.15, 0.2) is 5.82 Å². The van der Waals surface area contributed by atoms with Crippen molar-refractivity contribution >= 4 is 64.8 Å². The zero-order valence-corrected chi connectivity index (χ0v) is 26.1. The van der Waals surface area contributed by atoms with E-state index in [1.165, 1.54) is 59.4 Å². The normalized spacial score (nSPS) is 11.8. The summed E-state index contributed by atoms with van der Waals surface area (Å²) in [6, 6.07) is 61.0. The predicted molar refractivity (Wildman–Crippen MR) is 203 cm³/mol. The Morgan fingerprint density at radius 2 is 0.958 bits per heavy atom. The van der Waals surface area contributed by atoms with Crippen LogP contribution in [-0.2, 0) is 0 Å². The summed E-state index contributed by atoms with van der Waals surface area (Å²) in [4.78, 5) is 10.4. The second-order valence-corrected chi connectivity index (χ2v) is 12.6. The van der Waals surface area contributed by atoms with Crippen molar-refractivity contribution in [1.29, 1.82) is 0 Å². The van der Waals surface area contributed by atoms with Crippen molar-refractivity contribution in [1.82, 2.24) is 9.97 Å². The molecule has 0 radical (unpaired) electrons. The molecule has 0 atom stereocenters. The average molecular weight is 609 g/mol. The first-order valence-electron chi connectivity index (χ1n) is 16.4. The van der Waals surface area contributed by atoms with E-state index in [9.17, 15) is 0 Å². The van der Waals surface area contributed by atoms with E-state index < -0.39 is 0 Å². The van der Waals surface area contributed by atoms with E-state index in [0.29, 0.717) is 0 Å². The Kier molecular flexibility index (Phi) is 5.91. The van der Waals surface area contributed by atoms with Gasteiger partial charge in [-0.15, -0.1) is 0 Å². The second kappa shape index (κ2) is 10.6. The Balaban J connectivity index is 1.25. The number of fused-ring (bicyclic) bond motifs is 9. The fourth-order valence-corrected chi connectivity index (χ4v) is 7.50. The van der Waals surface area contributed by atoms with Crippen molar-refractivity contribution in [2.24, 2.45) is 0 Å². The molecule has 0 aliphatic rings. The molecule has 0 N–H and O–H groups in total. The van der Waals surface area contributed by atoms with Gasteiger partial charge in [0, 0.05) is 16.5 Å². The van der Waals surface area contributed by atoms with Gasteiger partial charge in [-0.25, -0.2) is 9.97 Å². The van der Waals surface area contributed by atoms with Crippen LogP contribution in [0.15, 0.2) is 170 Å². The van der Waals surface area contributed by atoms with Crippen LogP contribution in [0.2, 0.25) is 0 Å². The minimum Gasteiger partial charge on any atom is -0.228 e. The maximum absolute atomic E-state index is 5.20. The molecule has 222 valence electrons. The lowest BCUT2D eigenvalue weighted by Crippen LogP contribution is -1.96. The van der Waals surface area contributed by atoms with Crippen LogP contribution in [0, 0.1) is 0 Å². The average Bonchev–Trinajstić information content (AvgIpc) is 3.16. The van der Waals surface area contributed by atoms with Crippen molar-refractivity contribution in [2.45, 2.75) is 0 Å². The molecule has 0 fully saturated rings. The molecule has 0 aliphatic heterocycles. The maximum Gasteiger partial charge on any atom is 0.160 e. The molecule has 0 spiro atoms. The van der Waals surface area contributed by atoms with Crippen molar-refractivity contribution in [2.75, 3.05) is 0 Å². The first-order valence-corrected chi connectivity index (χ1v) is 16.4.